The summed E-state index contributed by atoms with van der Waals surface area (Å²) in [6, 6.07) is 1.57. The third kappa shape index (κ3) is 2.67. The summed E-state index contributed by atoms with van der Waals surface area (Å²) in [6.07, 6.45) is 2.16. The Kier molecular flexibility index (Phi) is 4.31. The second-order valence-corrected chi connectivity index (χ2v) is 3.72. The molecule has 0 bridgehead atoms. The summed E-state index contributed by atoms with van der Waals surface area (Å²) in [7, 11) is 1.55. The van der Waals surface area contributed by atoms with Gasteiger partial charge in [0.2, 0.25) is 5.88 Å². The third-order valence-corrected chi connectivity index (χ3v) is 2.57. The van der Waals surface area contributed by atoms with Crippen molar-refractivity contribution in [1.82, 2.24) is 4.98 Å². The number of rotatable bonds is 4. The minimum atomic E-state index is -0.203. The van der Waals surface area contributed by atoms with E-state index in [1.165, 1.54) is 0 Å². The van der Waals surface area contributed by atoms with E-state index < -0.39 is 0 Å². The maximum Gasteiger partial charge on any atom is 0.213 e. The highest BCUT2D eigenvalue weighted by molar-refractivity contribution is 9.10. The Hall–Kier alpha value is -0.650. The second-order valence-electron chi connectivity index (χ2n) is 2.87. The molecule has 3 N–H and O–H groups in total. The first kappa shape index (κ1) is 11.4. The van der Waals surface area contributed by atoms with E-state index in [1.54, 1.807) is 19.4 Å². The van der Waals surface area contributed by atoms with Crippen LogP contribution in [0.2, 0.25) is 0 Å². The number of hydrogen-bond acceptors (Lipinski definition) is 4. The number of hydrogen-bond donors (Lipinski definition) is 2. The molecular weight excluding hydrogens is 248 g/mol. The molecule has 1 aromatic rings. The zero-order chi connectivity index (χ0) is 10.6. The second kappa shape index (κ2) is 5.29. The number of pyridine rings is 1. The van der Waals surface area contributed by atoms with Gasteiger partial charge in [-0.25, -0.2) is 4.98 Å². The zero-order valence-electron chi connectivity index (χ0n) is 7.90. The zero-order valence-corrected chi connectivity index (χ0v) is 9.49. The Balaban J connectivity index is 2.93. The van der Waals surface area contributed by atoms with Gasteiger partial charge in [0.1, 0.15) is 0 Å². The van der Waals surface area contributed by atoms with Crippen LogP contribution in [0, 0.1) is 0 Å². The molecule has 0 saturated heterocycles. The molecule has 0 aliphatic heterocycles. The molecule has 0 saturated carbocycles. The van der Waals surface area contributed by atoms with Crippen molar-refractivity contribution >= 4 is 15.9 Å². The normalized spacial score (nSPS) is 12.6. The van der Waals surface area contributed by atoms with Crippen LogP contribution < -0.4 is 10.5 Å². The fourth-order valence-corrected chi connectivity index (χ4v) is 1.64. The molecule has 0 aromatic carbocycles. The lowest BCUT2D eigenvalue weighted by Crippen LogP contribution is -2.13. The quantitative estimate of drug-likeness (QED) is 0.855. The Bertz CT molecular complexity index is 307. The summed E-state index contributed by atoms with van der Waals surface area (Å²) < 4.78 is 5.82. The average molecular weight is 261 g/mol. The largest absolute Gasteiger partial charge is 0.481 e. The first-order valence-electron chi connectivity index (χ1n) is 4.25. The van der Waals surface area contributed by atoms with Crippen molar-refractivity contribution in [3.05, 3.63) is 22.3 Å². The molecule has 78 valence electrons. The molecule has 1 heterocycles. The summed E-state index contributed by atoms with van der Waals surface area (Å²) in [5, 5.41) is 8.77. The minimum absolute atomic E-state index is 0.0677. The molecule has 4 nitrogen and oxygen atoms in total. The Morgan fingerprint density at radius 2 is 2.43 bits per heavy atom. The molecule has 1 rings (SSSR count). The van der Waals surface area contributed by atoms with E-state index in [-0.39, 0.29) is 12.6 Å². The van der Waals surface area contributed by atoms with Gasteiger partial charge in [0, 0.05) is 29.4 Å². The van der Waals surface area contributed by atoms with Gasteiger partial charge in [0.25, 0.3) is 0 Å². The smallest absolute Gasteiger partial charge is 0.213 e. The predicted octanol–water partition coefficient (Wildman–Crippen LogP) is 1.23. The summed E-state index contributed by atoms with van der Waals surface area (Å²) in [5.74, 6) is 0.525. The van der Waals surface area contributed by atoms with Crippen molar-refractivity contribution < 1.29 is 9.84 Å². The maximum atomic E-state index is 8.77. The van der Waals surface area contributed by atoms with Gasteiger partial charge in [0.05, 0.1) is 7.11 Å². The van der Waals surface area contributed by atoms with Crippen molar-refractivity contribution in [3.8, 4) is 5.88 Å². The van der Waals surface area contributed by atoms with Gasteiger partial charge in [0.15, 0.2) is 0 Å². The number of methoxy groups -OCH3 is 1. The number of nitrogens with two attached hydrogens (primary N) is 1. The standard InChI is InChI=1S/C9H13BrN2O2/c1-14-9-4-6(7(10)5-12-9)8(11)2-3-13/h4-5,8,13H,2-3,11H2,1H3. The first-order valence-corrected chi connectivity index (χ1v) is 5.04. The summed E-state index contributed by atoms with van der Waals surface area (Å²) in [4.78, 5) is 4.01. The van der Waals surface area contributed by atoms with Crippen LogP contribution in [0.5, 0.6) is 5.88 Å². The Labute approximate surface area is 91.2 Å². The lowest BCUT2D eigenvalue weighted by molar-refractivity contribution is 0.276. The molecular formula is C9H13BrN2O2. The highest BCUT2D eigenvalue weighted by Crippen LogP contribution is 2.25. The summed E-state index contributed by atoms with van der Waals surface area (Å²) in [6.45, 7) is 0.0677. The number of aliphatic hydroxyl groups is 1. The fourth-order valence-electron chi connectivity index (χ4n) is 1.12. The highest BCUT2D eigenvalue weighted by atomic mass is 79.9. The predicted molar refractivity (Wildman–Crippen MR) is 57.1 cm³/mol. The van der Waals surface area contributed by atoms with Gasteiger partial charge in [-0.15, -0.1) is 0 Å². The van der Waals surface area contributed by atoms with Gasteiger partial charge in [-0.05, 0) is 27.9 Å². The molecule has 0 spiro atoms. The van der Waals surface area contributed by atoms with Gasteiger partial charge >= 0.3 is 0 Å². The molecule has 0 aliphatic rings. The Morgan fingerprint density at radius 3 is 3.00 bits per heavy atom. The molecule has 1 unspecified atom stereocenters. The van der Waals surface area contributed by atoms with Gasteiger partial charge in [-0.1, -0.05) is 0 Å². The molecule has 1 atom stereocenters. The van der Waals surface area contributed by atoms with E-state index in [4.69, 9.17) is 15.6 Å². The number of nitrogens with zero attached hydrogens (tertiary/aromatic N) is 1. The van der Waals surface area contributed by atoms with E-state index >= 15 is 0 Å². The molecule has 1 aromatic heterocycles. The highest BCUT2D eigenvalue weighted by Gasteiger charge is 2.11. The third-order valence-electron chi connectivity index (χ3n) is 1.91. The van der Waals surface area contributed by atoms with Gasteiger partial charge in [-0.2, -0.15) is 0 Å². The number of halogens is 1. The van der Waals surface area contributed by atoms with Crippen LogP contribution >= 0.6 is 15.9 Å². The molecule has 0 aliphatic carbocycles. The van der Waals surface area contributed by atoms with Gasteiger partial charge < -0.3 is 15.6 Å². The van der Waals surface area contributed by atoms with E-state index in [0.29, 0.717) is 12.3 Å². The van der Waals surface area contributed by atoms with Crippen LogP contribution in [-0.4, -0.2) is 23.8 Å². The molecule has 5 heteroatoms. The van der Waals surface area contributed by atoms with Gasteiger partial charge in [-0.3, -0.25) is 0 Å². The van der Waals surface area contributed by atoms with Crippen LogP contribution in [0.1, 0.15) is 18.0 Å². The van der Waals surface area contributed by atoms with Crippen molar-refractivity contribution in [2.45, 2.75) is 12.5 Å². The fraction of sp³-hybridized carbons (Fsp3) is 0.444. The number of ether oxygens (including phenoxy) is 1. The van der Waals surface area contributed by atoms with E-state index in [2.05, 4.69) is 20.9 Å². The molecule has 0 fully saturated rings. The van der Waals surface area contributed by atoms with E-state index in [1.807, 2.05) is 0 Å². The monoisotopic (exact) mass is 260 g/mol. The molecule has 0 radical (unpaired) electrons. The average Bonchev–Trinajstić information content (AvgIpc) is 2.19. The first-order chi connectivity index (χ1) is 6.69. The van der Waals surface area contributed by atoms with Crippen molar-refractivity contribution in [2.75, 3.05) is 13.7 Å². The van der Waals surface area contributed by atoms with E-state index in [9.17, 15) is 0 Å². The number of aromatic nitrogens is 1. The van der Waals surface area contributed by atoms with E-state index in [0.717, 1.165) is 10.0 Å². The van der Waals surface area contributed by atoms with Crippen molar-refractivity contribution in [3.63, 3.8) is 0 Å². The maximum absolute atomic E-state index is 8.77. The lowest BCUT2D eigenvalue weighted by Gasteiger charge is -2.12. The topological polar surface area (TPSA) is 68.4 Å². The molecule has 0 amide bonds. The molecule has 14 heavy (non-hydrogen) atoms. The van der Waals surface area contributed by atoms with Crippen LogP contribution in [-0.2, 0) is 0 Å². The van der Waals surface area contributed by atoms with Crippen molar-refractivity contribution in [2.24, 2.45) is 5.73 Å². The summed E-state index contributed by atoms with van der Waals surface area (Å²) >= 11 is 3.35. The summed E-state index contributed by atoms with van der Waals surface area (Å²) in [5.41, 5.74) is 6.75. The van der Waals surface area contributed by atoms with Crippen LogP contribution in [0.3, 0.4) is 0 Å². The SMILES string of the molecule is COc1cc(C(N)CCO)c(Br)cn1. The lowest BCUT2D eigenvalue weighted by atomic mass is 10.1. The van der Waals surface area contributed by atoms with Crippen LogP contribution in [0.25, 0.3) is 0 Å². The van der Waals surface area contributed by atoms with Crippen LogP contribution in [0.15, 0.2) is 16.7 Å². The van der Waals surface area contributed by atoms with Crippen LogP contribution in [0.4, 0.5) is 0 Å². The number of aliphatic hydroxyl groups excluding tert-OH is 1. The Morgan fingerprint density at radius 1 is 1.71 bits per heavy atom. The van der Waals surface area contributed by atoms with Crippen molar-refractivity contribution in [1.29, 1.82) is 0 Å². The minimum Gasteiger partial charge on any atom is -0.481 e.